The SMILES string of the molecule is CS(=O)(=O)N(CC(O)Cn1c2c(c3c1=CCC=C3)C=CCC=2)c1ccccc1I. The number of halogens is 1. The number of rotatable bonds is 6. The van der Waals surface area contributed by atoms with Crippen LogP contribution in [0.4, 0.5) is 5.69 Å². The van der Waals surface area contributed by atoms with Gasteiger partial charge in [0, 0.05) is 25.4 Å². The topological polar surface area (TPSA) is 62.5 Å². The molecule has 1 aromatic carbocycles. The number of hydrogen-bond donors (Lipinski definition) is 1. The number of fused-ring (bicyclic) bond motifs is 3. The summed E-state index contributed by atoms with van der Waals surface area (Å²) >= 11 is 2.12. The minimum atomic E-state index is -3.53. The Hall–Kier alpha value is -1.84. The number of aliphatic hydroxyl groups is 1. The molecule has 1 atom stereocenters. The minimum Gasteiger partial charge on any atom is -0.389 e. The van der Waals surface area contributed by atoms with Crippen molar-refractivity contribution in [3.05, 3.63) is 61.8 Å². The zero-order valence-electron chi connectivity index (χ0n) is 16.1. The van der Waals surface area contributed by atoms with E-state index in [1.54, 1.807) is 6.07 Å². The highest BCUT2D eigenvalue weighted by Crippen LogP contribution is 2.24. The molecule has 1 unspecified atom stereocenters. The van der Waals surface area contributed by atoms with Gasteiger partial charge in [0.15, 0.2) is 0 Å². The van der Waals surface area contributed by atoms with Gasteiger partial charge in [0.25, 0.3) is 0 Å². The van der Waals surface area contributed by atoms with Gasteiger partial charge < -0.3 is 9.67 Å². The third-order valence-electron chi connectivity index (χ3n) is 5.18. The van der Waals surface area contributed by atoms with E-state index in [2.05, 4.69) is 63.6 Å². The molecule has 0 fully saturated rings. The van der Waals surface area contributed by atoms with Gasteiger partial charge in [-0.3, -0.25) is 4.31 Å². The summed E-state index contributed by atoms with van der Waals surface area (Å²) < 4.78 is 29.2. The summed E-state index contributed by atoms with van der Waals surface area (Å²) in [4.78, 5) is 0. The van der Waals surface area contributed by atoms with Crippen LogP contribution >= 0.6 is 22.6 Å². The van der Waals surface area contributed by atoms with Crippen LogP contribution in [0.3, 0.4) is 0 Å². The van der Waals surface area contributed by atoms with Crippen LogP contribution in [0.5, 0.6) is 0 Å². The predicted octanol–water partition coefficient (Wildman–Crippen LogP) is 2.31. The van der Waals surface area contributed by atoms with Crippen molar-refractivity contribution in [2.75, 3.05) is 17.1 Å². The molecule has 2 aromatic rings. The summed E-state index contributed by atoms with van der Waals surface area (Å²) in [6, 6.07) is 7.31. The van der Waals surface area contributed by atoms with Gasteiger partial charge in [-0.15, -0.1) is 0 Å². The second-order valence-corrected chi connectivity index (χ2v) is 10.4. The van der Waals surface area contributed by atoms with Crippen LogP contribution in [0.2, 0.25) is 0 Å². The molecule has 0 aliphatic heterocycles. The lowest BCUT2D eigenvalue weighted by molar-refractivity contribution is 0.161. The lowest BCUT2D eigenvalue weighted by atomic mass is 10.0. The van der Waals surface area contributed by atoms with Crippen molar-refractivity contribution in [1.29, 1.82) is 0 Å². The number of benzene rings is 1. The largest absolute Gasteiger partial charge is 0.389 e. The van der Waals surface area contributed by atoms with E-state index < -0.39 is 16.1 Å². The van der Waals surface area contributed by atoms with E-state index in [4.69, 9.17) is 0 Å². The molecule has 4 rings (SSSR count). The summed E-state index contributed by atoms with van der Waals surface area (Å²) in [6.07, 6.45) is 14.9. The fraction of sp³-hybridized carbons (Fsp3) is 0.273. The number of aromatic nitrogens is 1. The van der Waals surface area contributed by atoms with Gasteiger partial charge in [-0.25, -0.2) is 8.42 Å². The van der Waals surface area contributed by atoms with Gasteiger partial charge in [0.1, 0.15) is 0 Å². The van der Waals surface area contributed by atoms with Crippen molar-refractivity contribution in [3.8, 4) is 0 Å². The van der Waals surface area contributed by atoms with Crippen molar-refractivity contribution in [2.45, 2.75) is 25.5 Å². The van der Waals surface area contributed by atoms with Crippen LogP contribution in [0, 0.1) is 3.57 Å². The molecule has 1 aromatic heterocycles. The van der Waals surface area contributed by atoms with Gasteiger partial charge in [-0.1, -0.05) is 48.6 Å². The normalized spacial score (nSPS) is 15.8. The Labute approximate surface area is 184 Å². The fourth-order valence-corrected chi connectivity index (χ4v) is 5.74. The number of allylic oxidation sites excluding steroid dienone is 2. The molecule has 0 saturated heterocycles. The molecular weight excluding hydrogens is 499 g/mol. The van der Waals surface area contributed by atoms with E-state index in [1.165, 1.54) is 21.7 Å². The van der Waals surface area contributed by atoms with Gasteiger partial charge in [-0.2, -0.15) is 0 Å². The van der Waals surface area contributed by atoms with E-state index in [9.17, 15) is 13.5 Å². The van der Waals surface area contributed by atoms with Crippen LogP contribution < -0.4 is 15.0 Å². The van der Waals surface area contributed by atoms with E-state index in [0.717, 1.165) is 27.1 Å². The second kappa shape index (κ2) is 8.12. The number of para-hydroxylation sites is 1. The third-order valence-corrected chi connectivity index (χ3v) is 7.24. The molecule has 0 radical (unpaired) electrons. The molecular formula is C22H23IN2O3S. The molecule has 0 saturated carbocycles. The number of aliphatic hydroxyl groups excluding tert-OH is 1. The van der Waals surface area contributed by atoms with Crippen LogP contribution in [0.25, 0.3) is 24.3 Å². The van der Waals surface area contributed by atoms with Gasteiger partial charge in [0.2, 0.25) is 10.0 Å². The molecule has 7 heteroatoms. The van der Waals surface area contributed by atoms with Crippen molar-refractivity contribution in [2.24, 2.45) is 0 Å². The van der Waals surface area contributed by atoms with Crippen LogP contribution in [-0.4, -0.2) is 37.0 Å². The molecule has 5 nitrogen and oxygen atoms in total. The first-order valence-electron chi connectivity index (χ1n) is 9.52. The summed E-state index contributed by atoms with van der Waals surface area (Å²) in [6.45, 7) is 0.341. The first-order chi connectivity index (χ1) is 13.9. The highest BCUT2D eigenvalue weighted by atomic mass is 127. The average molecular weight is 522 g/mol. The smallest absolute Gasteiger partial charge is 0.232 e. The maximum absolute atomic E-state index is 12.5. The molecule has 0 amide bonds. The maximum atomic E-state index is 12.5. The Bertz CT molecular complexity index is 1180. The average Bonchev–Trinajstić information content (AvgIpc) is 3.00. The molecule has 152 valence electrons. The molecule has 1 heterocycles. The lowest BCUT2D eigenvalue weighted by Crippen LogP contribution is -2.42. The van der Waals surface area contributed by atoms with Crippen molar-refractivity contribution >= 4 is 62.6 Å². The molecule has 0 spiro atoms. The van der Waals surface area contributed by atoms with Crippen LogP contribution in [-0.2, 0) is 16.6 Å². The third kappa shape index (κ3) is 4.08. The van der Waals surface area contributed by atoms with E-state index in [-0.39, 0.29) is 6.54 Å². The zero-order valence-corrected chi connectivity index (χ0v) is 19.1. The molecule has 0 bridgehead atoms. The summed E-state index contributed by atoms with van der Waals surface area (Å²) in [5.41, 5.74) is 2.93. The Kier molecular flexibility index (Phi) is 5.72. The number of sulfonamides is 1. The fourth-order valence-electron chi connectivity index (χ4n) is 3.94. The monoisotopic (exact) mass is 522 g/mol. The Morgan fingerprint density at radius 1 is 1.10 bits per heavy atom. The summed E-state index contributed by atoms with van der Waals surface area (Å²) in [5.74, 6) is 0. The highest BCUT2D eigenvalue weighted by Gasteiger charge is 2.24. The van der Waals surface area contributed by atoms with E-state index >= 15 is 0 Å². The second-order valence-electron chi connectivity index (χ2n) is 7.29. The molecule has 2 aliphatic carbocycles. The summed E-state index contributed by atoms with van der Waals surface area (Å²) in [5, 5.41) is 13.1. The molecule has 1 N–H and O–H groups in total. The number of hydrogen-bond acceptors (Lipinski definition) is 3. The van der Waals surface area contributed by atoms with Crippen molar-refractivity contribution in [3.63, 3.8) is 0 Å². The first-order valence-corrected chi connectivity index (χ1v) is 12.4. The quantitative estimate of drug-likeness (QED) is 0.593. The van der Waals surface area contributed by atoms with Crippen molar-refractivity contribution in [1.82, 2.24) is 4.57 Å². The van der Waals surface area contributed by atoms with Gasteiger partial charge >= 0.3 is 0 Å². The van der Waals surface area contributed by atoms with Gasteiger partial charge in [0.05, 0.1) is 31.1 Å². The summed E-state index contributed by atoms with van der Waals surface area (Å²) in [7, 11) is -3.53. The Morgan fingerprint density at radius 2 is 1.69 bits per heavy atom. The van der Waals surface area contributed by atoms with E-state index in [0.29, 0.717) is 12.2 Å². The van der Waals surface area contributed by atoms with Crippen molar-refractivity contribution < 1.29 is 13.5 Å². The number of anilines is 1. The predicted molar refractivity (Wildman–Crippen MR) is 127 cm³/mol. The Balaban J connectivity index is 1.68. The standard InChI is InChI=1S/C22H23IN2O3S/c1-29(27,28)25(22-13-7-4-10-19(22)23)15-16(26)14-24-20-11-5-2-8-17(20)18-9-3-6-12-21(18)24/h2-4,7-13,16,26H,5-6,14-15H2,1H3. The lowest BCUT2D eigenvalue weighted by Gasteiger charge is -2.26. The zero-order chi connectivity index (χ0) is 20.6. The first kappa shape index (κ1) is 20.4. The number of nitrogens with zero attached hydrogens (tertiary/aromatic N) is 2. The van der Waals surface area contributed by atoms with E-state index in [1.807, 2.05) is 18.2 Å². The molecule has 29 heavy (non-hydrogen) atoms. The van der Waals surface area contributed by atoms with Crippen LogP contribution in [0.1, 0.15) is 24.0 Å². The maximum Gasteiger partial charge on any atom is 0.232 e. The van der Waals surface area contributed by atoms with Crippen LogP contribution in [0.15, 0.2) is 36.4 Å². The Morgan fingerprint density at radius 3 is 2.24 bits per heavy atom. The highest BCUT2D eigenvalue weighted by molar-refractivity contribution is 14.1. The van der Waals surface area contributed by atoms with Gasteiger partial charge in [-0.05, 0) is 47.6 Å². The molecule has 2 aliphatic rings. The minimum absolute atomic E-state index is 0.00620.